The summed E-state index contributed by atoms with van der Waals surface area (Å²) in [6, 6.07) is 7.81. The van der Waals surface area contributed by atoms with Gasteiger partial charge in [-0.1, -0.05) is 6.07 Å². The SMILES string of the molecule is N#Cc1cccc2c1-c1c(Br)cnn1CCCCO2. The molecule has 0 saturated carbocycles. The van der Waals surface area contributed by atoms with Gasteiger partial charge in [0.15, 0.2) is 0 Å². The maximum Gasteiger partial charge on any atom is 0.130 e. The zero-order chi connectivity index (χ0) is 13.2. The first kappa shape index (κ1) is 12.2. The highest BCUT2D eigenvalue weighted by molar-refractivity contribution is 9.10. The molecule has 2 aromatic rings. The molecular weight excluding hydrogens is 306 g/mol. The van der Waals surface area contributed by atoms with E-state index in [1.54, 1.807) is 6.20 Å². The molecule has 1 aliphatic rings. The number of benzene rings is 1. The Morgan fingerprint density at radius 1 is 1.37 bits per heavy atom. The number of hydrogen-bond donors (Lipinski definition) is 0. The lowest BCUT2D eigenvalue weighted by atomic mass is 10.0. The minimum atomic E-state index is 0.613. The van der Waals surface area contributed by atoms with Gasteiger partial charge in [0.1, 0.15) is 5.75 Å². The molecule has 0 saturated heterocycles. The van der Waals surface area contributed by atoms with Gasteiger partial charge in [-0.3, -0.25) is 4.68 Å². The van der Waals surface area contributed by atoms with Crippen molar-refractivity contribution in [3.05, 3.63) is 34.4 Å². The zero-order valence-electron chi connectivity index (χ0n) is 10.3. The third-order valence-electron chi connectivity index (χ3n) is 3.20. The lowest BCUT2D eigenvalue weighted by Gasteiger charge is -2.12. The molecular formula is C14H12BrN3O. The van der Waals surface area contributed by atoms with Crippen molar-refractivity contribution in [3.63, 3.8) is 0 Å². The molecule has 0 amide bonds. The van der Waals surface area contributed by atoms with Crippen LogP contribution in [-0.2, 0) is 6.54 Å². The molecule has 0 fully saturated rings. The Kier molecular flexibility index (Phi) is 3.26. The number of aryl methyl sites for hydroxylation is 1. The Bertz CT molecular complexity index is 657. The van der Waals surface area contributed by atoms with Crippen molar-refractivity contribution in [1.29, 1.82) is 5.26 Å². The van der Waals surface area contributed by atoms with Crippen molar-refractivity contribution in [2.24, 2.45) is 0 Å². The van der Waals surface area contributed by atoms with Gasteiger partial charge < -0.3 is 4.74 Å². The molecule has 0 unspecified atom stereocenters. The highest BCUT2D eigenvalue weighted by atomic mass is 79.9. The number of fused-ring (bicyclic) bond motifs is 3. The summed E-state index contributed by atoms with van der Waals surface area (Å²) in [4.78, 5) is 0. The molecule has 1 aliphatic heterocycles. The van der Waals surface area contributed by atoms with Crippen molar-refractivity contribution >= 4 is 15.9 Å². The second-order valence-electron chi connectivity index (χ2n) is 4.41. The lowest BCUT2D eigenvalue weighted by Crippen LogP contribution is -2.02. The molecule has 0 atom stereocenters. The van der Waals surface area contributed by atoms with E-state index in [2.05, 4.69) is 27.1 Å². The standard InChI is InChI=1S/C14H12BrN3O/c15-11-9-17-18-6-1-2-7-19-12-5-3-4-10(8-16)13(12)14(11)18/h3-5,9H,1-2,6-7H2. The van der Waals surface area contributed by atoms with Crippen LogP contribution in [0.25, 0.3) is 11.3 Å². The lowest BCUT2D eigenvalue weighted by molar-refractivity contribution is 0.306. The number of ether oxygens (including phenoxy) is 1. The van der Waals surface area contributed by atoms with E-state index in [9.17, 15) is 5.26 Å². The quantitative estimate of drug-likeness (QED) is 0.748. The first-order valence-electron chi connectivity index (χ1n) is 6.19. The van der Waals surface area contributed by atoms with Crippen LogP contribution >= 0.6 is 15.9 Å². The highest BCUT2D eigenvalue weighted by Crippen LogP contribution is 2.38. The highest BCUT2D eigenvalue weighted by Gasteiger charge is 2.20. The van der Waals surface area contributed by atoms with E-state index in [1.807, 2.05) is 22.9 Å². The molecule has 0 radical (unpaired) electrons. The average molecular weight is 318 g/mol. The van der Waals surface area contributed by atoms with Gasteiger partial charge in [0.25, 0.3) is 0 Å². The van der Waals surface area contributed by atoms with Gasteiger partial charge in [-0.25, -0.2) is 0 Å². The number of hydrogen-bond acceptors (Lipinski definition) is 3. The predicted octanol–water partition coefficient (Wildman–Crippen LogP) is 3.36. The van der Waals surface area contributed by atoms with Gasteiger partial charge in [-0.15, -0.1) is 0 Å². The van der Waals surface area contributed by atoms with Crippen LogP contribution < -0.4 is 4.74 Å². The molecule has 4 nitrogen and oxygen atoms in total. The number of halogens is 1. The summed E-state index contributed by atoms with van der Waals surface area (Å²) in [5.74, 6) is 0.753. The fraction of sp³-hybridized carbons (Fsp3) is 0.286. The van der Waals surface area contributed by atoms with Crippen LogP contribution in [0, 0.1) is 11.3 Å². The Balaban J connectivity index is 2.30. The molecule has 96 valence electrons. The fourth-order valence-electron chi connectivity index (χ4n) is 2.32. The van der Waals surface area contributed by atoms with Gasteiger partial charge in [-0.05, 0) is 40.9 Å². The summed E-state index contributed by atoms with van der Waals surface area (Å²) in [5, 5.41) is 13.7. The average Bonchev–Trinajstić information content (AvgIpc) is 2.82. The second kappa shape index (κ2) is 5.06. The molecule has 5 heteroatoms. The first-order chi connectivity index (χ1) is 9.31. The van der Waals surface area contributed by atoms with Crippen molar-refractivity contribution in [2.75, 3.05) is 6.61 Å². The van der Waals surface area contributed by atoms with Crippen LogP contribution in [-0.4, -0.2) is 16.4 Å². The van der Waals surface area contributed by atoms with Crippen molar-refractivity contribution in [3.8, 4) is 23.1 Å². The molecule has 3 rings (SSSR count). The van der Waals surface area contributed by atoms with Crippen molar-refractivity contribution in [1.82, 2.24) is 9.78 Å². The summed E-state index contributed by atoms with van der Waals surface area (Å²) in [6.07, 6.45) is 3.76. The smallest absolute Gasteiger partial charge is 0.130 e. The molecule has 0 aliphatic carbocycles. The van der Waals surface area contributed by atoms with Crippen LogP contribution in [0.1, 0.15) is 18.4 Å². The van der Waals surface area contributed by atoms with E-state index in [0.717, 1.165) is 40.9 Å². The Hall–Kier alpha value is -1.80. The maximum atomic E-state index is 9.33. The van der Waals surface area contributed by atoms with Crippen LogP contribution in [0.5, 0.6) is 5.75 Å². The van der Waals surface area contributed by atoms with Gasteiger partial charge >= 0.3 is 0 Å². The monoisotopic (exact) mass is 317 g/mol. The third kappa shape index (κ3) is 2.13. The van der Waals surface area contributed by atoms with E-state index in [4.69, 9.17) is 4.74 Å². The van der Waals surface area contributed by atoms with Gasteiger partial charge in [0, 0.05) is 6.54 Å². The van der Waals surface area contributed by atoms with Gasteiger partial charge in [-0.2, -0.15) is 10.4 Å². The Morgan fingerprint density at radius 3 is 3.11 bits per heavy atom. The topological polar surface area (TPSA) is 50.8 Å². The van der Waals surface area contributed by atoms with Crippen LogP contribution in [0.15, 0.2) is 28.9 Å². The van der Waals surface area contributed by atoms with Crippen molar-refractivity contribution < 1.29 is 4.74 Å². The van der Waals surface area contributed by atoms with Crippen LogP contribution in [0.2, 0.25) is 0 Å². The molecule has 2 heterocycles. The van der Waals surface area contributed by atoms with E-state index >= 15 is 0 Å². The largest absolute Gasteiger partial charge is 0.493 e. The summed E-state index contributed by atoms with van der Waals surface area (Å²) in [6.45, 7) is 1.51. The van der Waals surface area contributed by atoms with Crippen molar-refractivity contribution in [2.45, 2.75) is 19.4 Å². The molecule has 19 heavy (non-hydrogen) atoms. The summed E-state index contributed by atoms with van der Waals surface area (Å²) in [7, 11) is 0. The molecule has 1 aromatic carbocycles. The molecule has 0 spiro atoms. The normalized spacial score (nSPS) is 14.1. The minimum absolute atomic E-state index is 0.613. The van der Waals surface area contributed by atoms with Crippen LogP contribution in [0.4, 0.5) is 0 Å². The molecule has 1 aromatic heterocycles. The number of nitriles is 1. The van der Waals surface area contributed by atoms with E-state index < -0.39 is 0 Å². The maximum absolute atomic E-state index is 9.33. The predicted molar refractivity (Wildman–Crippen MR) is 74.8 cm³/mol. The Morgan fingerprint density at radius 2 is 2.26 bits per heavy atom. The number of rotatable bonds is 0. The van der Waals surface area contributed by atoms with Crippen LogP contribution in [0.3, 0.4) is 0 Å². The van der Waals surface area contributed by atoms with E-state index in [1.165, 1.54) is 0 Å². The van der Waals surface area contributed by atoms with Gasteiger partial charge in [0.05, 0.1) is 40.2 Å². The van der Waals surface area contributed by atoms with Gasteiger partial charge in [0.2, 0.25) is 0 Å². The summed E-state index contributed by atoms with van der Waals surface area (Å²) in [5.41, 5.74) is 2.37. The first-order valence-corrected chi connectivity index (χ1v) is 6.98. The summed E-state index contributed by atoms with van der Waals surface area (Å²) < 4.78 is 8.65. The zero-order valence-corrected chi connectivity index (χ0v) is 11.9. The molecule has 0 N–H and O–H groups in total. The minimum Gasteiger partial charge on any atom is -0.493 e. The van der Waals surface area contributed by atoms with E-state index in [-0.39, 0.29) is 0 Å². The fourth-order valence-corrected chi connectivity index (χ4v) is 2.81. The molecule has 0 bridgehead atoms. The van der Waals surface area contributed by atoms with E-state index in [0.29, 0.717) is 12.2 Å². The second-order valence-corrected chi connectivity index (χ2v) is 5.26. The summed E-state index contributed by atoms with van der Waals surface area (Å²) >= 11 is 3.52. The Labute approximate surface area is 119 Å². The third-order valence-corrected chi connectivity index (χ3v) is 3.78. The number of nitrogens with zero attached hydrogens (tertiary/aromatic N) is 3. The number of aromatic nitrogens is 2.